The van der Waals surface area contributed by atoms with E-state index in [4.69, 9.17) is 9.72 Å². The number of nitrogens with zero attached hydrogens (tertiary/aromatic N) is 2. The summed E-state index contributed by atoms with van der Waals surface area (Å²) in [4.78, 5) is 31.9. The van der Waals surface area contributed by atoms with E-state index < -0.39 is 0 Å². The van der Waals surface area contributed by atoms with Crippen LogP contribution in [-0.4, -0.2) is 34.1 Å². The SMILES string of the molecule is C=CCSc1ccccc1NC(=O)CSc1nc2ccccc2c(=O)n1-c1ccccc1OC. The Morgan fingerprint density at radius 1 is 1.06 bits per heavy atom. The fourth-order valence-electron chi connectivity index (χ4n) is 3.40. The number of benzene rings is 3. The van der Waals surface area contributed by atoms with Gasteiger partial charge in [-0.15, -0.1) is 18.3 Å². The van der Waals surface area contributed by atoms with Crippen molar-refractivity contribution in [2.75, 3.05) is 23.9 Å². The minimum Gasteiger partial charge on any atom is -0.495 e. The van der Waals surface area contributed by atoms with Gasteiger partial charge in [-0.25, -0.2) is 4.98 Å². The Labute approximate surface area is 206 Å². The van der Waals surface area contributed by atoms with Crippen molar-refractivity contribution in [3.8, 4) is 11.4 Å². The third-order valence-corrected chi connectivity index (χ3v) is 6.93. The first kappa shape index (κ1) is 23.7. The lowest BCUT2D eigenvalue weighted by Crippen LogP contribution is -2.23. The molecule has 172 valence electrons. The van der Waals surface area contributed by atoms with E-state index in [2.05, 4.69) is 11.9 Å². The number of para-hydroxylation sites is 4. The fraction of sp³-hybridized carbons (Fsp3) is 0.115. The van der Waals surface area contributed by atoms with Crippen molar-refractivity contribution in [2.45, 2.75) is 10.1 Å². The van der Waals surface area contributed by atoms with E-state index in [1.807, 2.05) is 48.5 Å². The normalized spacial score (nSPS) is 10.7. The molecule has 0 fully saturated rings. The highest BCUT2D eigenvalue weighted by molar-refractivity contribution is 8.00. The number of ether oxygens (including phenoxy) is 1. The van der Waals surface area contributed by atoms with E-state index >= 15 is 0 Å². The van der Waals surface area contributed by atoms with Gasteiger partial charge in [0.05, 0.1) is 35.1 Å². The van der Waals surface area contributed by atoms with Gasteiger partial charge >= 0.3 is 0 Å². The molecule has 0 radical (unpaired) electrons. The van der Waals surface area contributed by atoms with Crippen molar-refractivity contribution < 1.29 is 9.53 Å². The maximum atomic E-state index is 13.4. The summed E-state index contributed by atoms with van der Waals surface area (Å²) >= 11 is 2.80. The Morgan fingerprint density at radius 3 is 2.62 bits per heavy atom. The number of thioether (sulfide) groups is 2. The molecule has 4 rings (SSSR count). The summed E-state index contributed by atoms with van der Waals surface area (Å²) in [7, 11) is 1.56. The molecule has 0 aliphatic rings. The molecule has 0 atom stereocenters. The predicted molar refractivity (Wildman–Crippen MR) is 141 cm³/mol. The van der Waals surface area contributed by atoms with Gasteiger partial charge in [0, 0.05) is 10.6 Å². The number of anilines is 1. The van der Waals surface area contributed by atoms with Gasteiger partial charge in [-0.2, -0.15) is 0 Å². The Kier molecular flexibility index (Phi) is 7.72. The average molecular weight is 490 g/mol. The van der Waals surface area contributed by atoms with E-state index in [9.17, 15) is 9.59 Å². The average Bonchev–Trinajstić information content (AvgIpc) is 2.87. The molecule has 0 aliphatic heterocycles. The van der Waals surface area contributed by atoms with Crippen molar-refractivity contribution >= 4 is 46.0 Å². The highest BCUT2D eigenvalue weighted by Gasteiger charge is 2.17. The Balaban J connectivity index is 1.65. The van der Waals surface area contributed by atoms with E-state index in [0.717, 1.165) is 16.3 Å². The number of carbonyl (C=O) groups excluding carboxylic acids is 1. The zero-order valence-corrected chi connectivity index (χ0v) is 20.2. The smallest absolute Gasteiger partial charge is 0.266 e. The van der Waals surface area contributed by atoms with Crippen molar-refractivity contribution in [1.82, 2.24) is 9.55 Å². The van der Waals surface area contributed by atoms with E-state index in [1.54, 1.807) is 49.2 Å². The van der Waals surface area contributed by atoms with Crippen molar-refractivity contribution in [2.24, 2.45) is 0 Å². The molecule has 8 heteroatoms. The Morgan fingerprint density at radius 2 is 1.79 bits per heavy atom. The molecular formula is C26H23N3O3S2. The number of amides is 1. The van der Waals surface area contributed by atoms with Gasteiger partial charge in [0.15, 0.2) is 5.16 Å². The molecule has 34 heavy (non-hydrogen) atoms. The van der Waals surface area contributed by atoms with Crippen molar-refractivity contribution in [1.29, 1.82) is 0 Å². The van der Waals surface area contributed by atoms with Crippen LogP contribution in [0.15, 0.2) is 100 Å². The van der Waals surface area contributed by atoms with Crippen LogP contribution in [0.2, 0.25) is 0 Å². The van der Waals surface area contributed by atoms with Crippen LogP contribution >= 0.6 is 23.5 Å². The molecule has 6 nitrogen and oxygen atoms in total. The number of fused-ring (bicyclic) bond motifs is 1. The molecule has 1 aromatic heterocycles. The minimum atomic E-state index is -0.218. The molecule has 1 heterocycles. The zero-order chi connectivity index (χ0) is 23.9. The van der Waals surface area contributed by atoms with Crippen LogP contribution in [0.25, 0.3) is 16.6 Å². The standard InChI is InChI=1S/C26H23N3O3S2/c1-3-16-33-23-15-9-6-12-20(23)27-24(30)17-34-26-28-19-11-5-4-10-18(19)25(31)29(26)21-13-7-8-14-22(21)32-2/h3-15H,1,16-17H2,2H3,(H,27,30). The van der Waals surface area contributed by atoms with Gasteiger partial charge in [0.25, 0.3) is 5.56 Å². The summed E-state index contributed by atoms with van der Waals surface area (Å²) < 4.78 is 6.99. The first-order chi connectivity index (χ1) is 16.6. The highest BCUT2D eigenvalue weighted by Crippen LogP contribution is 2.29. The van der Waals surface area contributed by atoms with Crippen LogP contribution in [-0.2, 0) is 4.79 Å². The topological polar surface area (TPSA) is 73.2 Å². The number of hydrogen-bond acceptors (Lipinski definition) is 6. The summed E-state index contributed by atoms with van der Waals surface area (Å²) in [5.74, 6) is 1.18. The molecule has 0 unspecified atom stereocenters. The molecule has 3 aromatic carbocycles. The second-order valence-corrected chi connectivity index (χ2v) is 9.16. The van der Waals surface area contributed by atoms with Crippen LogP contribution in [0.4, 0.5) is 5.69 Å². The largest absolute Gasteiger partial charge is 0.495 e. The lowest BCUT2D eigenvalue weighted by atomic mass is 10.2. The summed E-state index contributed by atoms with van der Waals surface area (Å²) in [6, 6.07) is 22.1. The van der Waals surface area contributed by atoms with Crippen LogP contribution < -0.4 is 15.6 Å². The lowest BCUT2D eigenvalue weighted by molar-refractivity contribution is -0.113. The number of carbonyl (C=O) groups is 1. The molecular weight excluding hydrogens is 466 g/mol. The Bertz CT molecular complexity index is 1400. The predicted octanol–water partition coefficient (Wildman–Crippen LogP) is 5.40. The van der Waals surface area contributed by atoms with Crippen LogP contribution in [0.3, 0.4) is 0 Å². The maximum Gasteiger partial charge on any atom is 0.266 e. The van der Waals surface area contributed by atoms with Crippen molar-refractivity contribution in [3.63, 3.8) is 0 Å². The first-order valence-electron chi connectivity index (χ1n) is 10.5. The molecule has 0 spiro atoms. The number of aromatic nitrogens is 2. The number of hydrogen-bond donors (Lipinski definition) is 1. The van der Waals surface area contributed by atoms with Gasteiger partial charge in [-0.05, 0) is 36.4 Å². The number of nitrogens with one attached hydrogen (secondary N) is 1. The molecule has 0 saturated carbocycles. The van der Waals surface area contributed by atoms with Crippen LogP contribution in [0.5, 0.6) is 5.75 Å². The highest BCUT2D eigenvalue weighted by atomic mass is 32.2. The second kappa shape index (κ2) is 11.1. The monoisotopic (exact) mass is 489 g/mol. The van der Waals surface area contributed by atoms with E-state index in [0.29, 0.717) is 27.5 Å². The summed E-state index contributed by atoms with van der Waals surface area (Å²) in [6.45, 7) is 3.75. The zero-order valence-electron chi connectivity index (χ0n) is 18.6. The first-order valence-corrected chi connectivity index (χ1v) is 12.5. The van der Waals surface area contributed by atoms with Crippen LogP contribution in [0.1, 0.15) is 0 Å². The number of methoxy groups -OCH3 is 1. The van der Waals surface area contributed by atoms with Crippen LogP contribution in [0, 0.1) is 0 Å². The van der Waals surface area contributed by atoms with E-state index in [-0.39, 0.29) is 17.2 Å². The summed E-state index contributed by atoms with van der Waals surface area (Å²) in [6.07, 6.45) is 1.82. The van der Waals surface area contributed by atoms with Crippen molar-refractivity contribution in [3.05, 3.63) is 95.8 Å². The maximum absolute atomic E-state index is 13.4. The summed E-state index contributed by atoms with van der Waals surface area (Å²) in [5, 5.41) is 3.88. The van der Waals surface area contributed by atoms with Gasteiger partial charge in [-0.3, -0.25) is 14.2 Å². The second-order valence-electron chi connectivity index (χ2n) is 7.16. The molecule has 1 amide bonds. The minimum absolute atomic E-state index is 0.0837. The third-order valence-electron chi connectivity index (χ3n) is 4.92. The molecule has 0 bridgehead atoms. The summed E-state index contributed by atoms with van der Waals surface area (Å²) in [5.41, 5.74) is 1.67. The molecule has 0 saturated heterocycles. The molecule has 1 N–H and O–H groups in total. The van der Waals surface area contributed by atoms with Gasteiger partial charge in [0.2, 0.25) is 5.91 Å². The molecule has 0 aliphatic carbocycles. The quantitative estimate of drug-likeness (QED) is 0.193. The van der Waals surface area contributed by atoms with Gasteiger partial charge in [0.1, 0.15) is 5.75 Å². The van der Waals surface area contributed by atoms with Gasteiger partial charge < -0.3 is 10.1 Å². The lowest BCUT2D eigenvalue weighted by Gasteiger charge is -2.16. The third kappa shape index (κ3) is 5.18. The van der Waals surface area contributed by atoms with Gasteiger partial charge in [-0.1, -0.05) is 54.2 Å². The number of rotatable bonds is 9. The van der Waals surface area contributed by atoms with E-state index in [1.165, 1.54) is 16.3 Å². The fourth-order valence-corrected chi connectivity index (χ4v) is 4.95. The Hall–Kier alpha value is -3.49. The molecule has 4 aromatic rings.